The number of hydrogen-bond donors (Lipinski definition) is 2. The van der Waals surface area contributed by atoms with Crippen LogP contribution in [0.15, 0.2) is 23.4 Å². The predicted molar refractivity (Wildman–Crippen MR) is 73.9 cm³/mol. The lowest BCUT2D eigenvalue weighted by Gasteiger charge is -2.25. The minimum atomic E-state index is -4.41. The Bertz CT molecular complexity index is 588. The molecule has 3 nitrogen and oxygen atoms in total. The molecular formula is C14H14ClF3N2O. The van der Waals surface area contributed by atoms with Crippen LogP contribution in [0, 0.1) is 11.8 Å². The molecule has 1 aromatic carbocycles. The number of benzene rings is 1. The Labute approximate surface area is 124 Å². The highest BCUT2D eigenvalue weighted by molar-refractivity contribution is 6.33. The first kappa shape index (κ1) is 14.5. The van der Waals surface area contributed by atoms with E-state index in [-0.39, 0.29) is 28.6 Å². The summed E-state index contributed by atoms with van der Waals surface area (Å²) in [6, 6.07) is 2.95. The van der Waals surface area contributed by atoms with Gasteiger partial charge in [-0.3, -0.25) is 0 Å². The van der Waals surface area contributed by atoms with Gasteiger partial charge in [0.2, 0.25) is 0 Å². The van der Waals surface area contributed by atoms with E-state index in [0.717, 1.165) is 31.4 Å². The molecule has 3 unspecified atom stereocenters. The summed E-state index contributed by atoms with van der Waals surface area (Å²) in [5.74, 6) is 0.508. The Balaban J connectivity index is 1.88. The summed E-state index contributed by atoms with van der Waals surface area (Å²) >= 11 is 5.99. The van der Waals surface area contributed by atoms with Crippen LogP contribution in [0.3, 0.4) is 0 Å². The lowest BCUT2D eigenvalue weighted by Crippen LogP contribution is -2.35. The third kappa shape index (κ3) is 2.57. The monoisotopic (exact) mass is 318 g/mol. The number of fused-ring (bicyclic) bond motifs is 2. The van der Waals surface area contributed by atoms with Gasteiger partial charge in [0.15, 0.2) is 0 Å². The fourth-order valence-electron chi connectivity index (χ4n) is 3.40. The van der Waals surface area contributed by atoms with E-state index in [1.165, 1.54) is 6.07 Å². The fraction of sp³-hybridized carbons (Fsp3) is 0.500. The molecule has 3 rings (SSSR count). The number of rotatable bonds is 2. The maximum Gasteiger partial charge on any atom is 0.416 e. The molecule has 0 radical (unpaired) electrons. The second-order valence-electron chi connectivity index (χ2n) is 5.61. The van der Waals surface area contributed by atoms with Crippen LogP contribution < -0.4 is 5.32 Å². The summed E-state index contributed by atoms with van der Waals surface area (Å²) in [7, 11) is 0. The Morgan fingerprint density at radius 1 is 1.29 bits per heavy atom. The molecule has 2 aliphatic carbocycles. The minimum absolute atomic E-state index is 0.224. The molecule has 0 saturated heterocycles. The summed E-state index contributed by atoms with van der Waals surface area (Å²) in [5, 5.41) is 15.7. The zero-order valence-electron chi connectivity index (χ0n) is 11.0. The highest BCUT2D eigenvalue weighted by Crippen LogP contribution is 2.45. The average Bonchev–Trinajstić information content (AvgIpc) is 3.00. The Morgan fingerprint density at radius 2 is 2.05 bits per heavy atom. The van der Waals surface area contributed by atoms with Gasteiger partial charge in [0.1, 0.15) is 0 Å². The molecule has 1 aromatic rings. The largest absolute Gasteiger partial charge is 0.416 e. The average molecular weight is 319 g/mol. The summed E-state index contributed by atoms with van der Waals surface area (Å²) in [6.07, 6.45) is -1.55. The fourth-order valence-corrected chi connectivity index (χ4v) is 3.57. The lowest BCUT2D eigenvalue weighted by atomic mass is 9.93. The van der Waals surface area contributed by atoms with Crippen molar-refractivity contribution >= 4 is 23.0 Å². The van der Waals surface area contributed by atoms with Gasteiger partial charge < -0.3 is 10.5 Å². The van der Waals surface area contributed by atoms with E-state index in [1.807, 2.05) is 0 Å². The molecule has 0 amide bonds. The van der Waals surface area contributed by atoms with Crippen LogP contribution in [0.2, 0.25) is 5.02 Å². The first-order chi connectivity index (χ1) is 9.90. The minimum Gasteiger partial charge on any atom is -0.411 e. The summed E-state index contributed by atoms with van der Waals surface area (Å²) in [6.45, 7) is 0. The topological polar surface area (TPSA) is 44.6 Å². The normalized spacial score (nSPS) is 30.1. The molecule has 0 spiro atoms. The van der Waals surface area contributed by atoms with Gasteiger partial charge in [-0.15, -0.1) is 0 Å². The molecule has 2 N–H and O–H groups in total. The summed E-state index contributed by atoms with van der Waals surface area (Å²) in [4.78, 5) is 0. The second kappa shape index (κ2) is 5.09. The van der Waals surface area contributed by atoms with Gasteiger partial charge in [-0.25, -0.2) is 0 Å². The predicted octanol–water partition coefficient (Wildman–Crippen LogP) is 4.40. The van der Waals surface area contributed by atoms with Crippen LogP contribution in [0.5, 0.6) is 0 Å². The van der Waals surface area contributed by atoms with Crippen molar-refractivity contribution in [1.82, 2.24) is 0 Å². The molecule has 3 atom stereocenters. The van der Waals surface area contributed by atoms with E-state index in [2.05, 4.69) is 10.5 Å². The molecule has 2 bridgehead atoms. The smallest absolute Gasteiger partial charge is 0.411 e. The summed E-state index contributed by atoms with van der Waals surface area (Å²) in [5.41, 5.74) is 0.102. The maximum atomic E-state index is 12.8. The molecule has 2 aliphatic rings. The SMILES string of the molecule is O/N=C1/C2CCC(C2)C1Nc1cc(C(F)(F)F)ccc1Cl. The van der Waals surface area contributed by atoms with Crippen LogP contribution in [0.25, 0.3) is 0 Å². The maximum absolute atomic E-state index is 12.8. The Hall–Kier alpha value is -1.43. The highest BCUT2D eigenvalue weighted by atomic mass is 35.5. The van der Waals surface area contributed by atoms with Crippen LogP contribution >= 0.6 is 11.6 Å². The van der Waals surface area contributed by atoms with E-state index in [0.29, 0.717) is 5.71 Å². The van der Waals surface area contributed by atoms with Crippen molar-refractivity contribution < 1.29 is 18.4 Å². The molecular weight excluding hydrogens is 305 g/mol. The van der Waals surface area contributed by atoms with Gasteiger partial charge in [-0.05, 0) is 43.4 Å². The van der Waals surface area contributed by atoms with E-state index < -0.39 is 11.7 Å². The number of hydrogen-bond acceptors (Lipinski definition) is 3. The van der Waals surface area contributed by atoms with Gasteiger partial charge in [0.05, 0.1) is 28.0 Å². The molecule has 7 heteroatoms. The van der Waals surface area contributed by atoms with Crippen molar-refractivity contribution in [1.29, 1.82) is 0 Å². The van der Waals surface area contributed by atoms with Crippen molar-refractivity contribution in [2.45, 2.75) is 31.5 Å². The molecule has 21 heavy (non-hydrogen) atoms. The zero-order valence-corrected chi connectivity index (χ0v) is 11.7. The molecule has 114 valence electrons. The molecule has 0 aromatic heterocycles. The first-order valence-electron chi connectivity index (χ1n) is 6.75. The van der Waals surface area contributed by atoms with E-state index in [4.69, 9.17) is 16.8 Å². The van der Waals surface area contributed by atoms with Crippen molar-refractivity contribution in [3.8, 4) is 0 Å². The Morgan fingerprint density at radius 3 is 2.71 bits per heavy atom. The van der Waals surface area contributed by atoms with E-state index >= 15 is 0 Å². The van der Waals surface area contributed by atoms with Gasteiger partial charge in [0.25, 0.3) is 0 Å². The quantitative estimate of drug-likeness (QED) is 0.627. The highest BCUT2D eigenvalue weighted by Gasteiger charge is 2.45. The van der Waals surface area contributed by atoms with Crippen molar-refractivity contribution in [3.05, 3.63) is 28.8 Å². The first-order valence-corrected chi connectivity index (χ1v) is 7.13. The number of anilines is 1. The van der Waals surface area contributed by atoms with Crippen molar-refractivity contribution in [3.63, 3.8) is 0 Å². The number of halogens is 4. The third-order valence-electron chi connectivity index (χ3n) is 4.40. The van der Waals surface area contributed by atoms with Crippen LogP contribution in [0.4, 0.5) is 18.9 Å². The van der Waals surface area contributed by atoms with Crippen molar-refractivity contribution in [2.75, 3.05) is 5.32 Å². The molecule has 0 heterocycles. The van der Waals surface area contributed by atoms with Crippen molar-refractivity contribution in [2.24, 2.45) is 17.0 Å². The van der Waals surface area contributed by atoms with Crippen LogP contribution in [0.1, 0.15) is 24.8 Å². The lowest BCUT2D eigenvalue weighted by molar-refractivity contribution is -0.137. The standard InChI is InChI=1S/C14H14ClF3N2O/c15-10-4-3-9(14(16,17)18)6-11(10)19-12-7-1-2-8(5-7)13(12)20-21/h3-4,6-8,12,19,21H,1-2,5H2/b20-13-. The van der Waals surface area contributed by atoms with Gasteiger partial charge >= 0.3 is 6.18 Å². The zero-order chi connectivity index (χ0) is 15.2. The Kier molecular flexibility index (Phi) is 3.51. The van der Waals surface area contributed by atoms with E-state index in [1.54, 1.807) is 0 Å². The molecule has 0 aliphatic heterocycles. The number of alkyl halides is 3. The van der Waals surface area contributed by atoms with Crippen LogP contribution in [-0.4, -0.2) is 17.0 Å². The molecule has 2 fully saturated rings. The van der Waals surface area contributed by atoms with Gasteiger partial charge in [0, 0.05) is 5.92 Å². The number of nitrogens with one attached hydrogen (secondary N) is 1. The molecule has 2 saturated carbocycles. The number of nitrogens with zero attached hydrogens (tertiary/aromatic N) is 1. The second-order valence-corrected chi connectivity index (χ2v) is 6.02. The summed E-state index contributed by atoms with van der Waals surface area (Å²) < 4.78 is 38.3. The van der Waals surface area contributed by atoms with Gasteiger partial charge in [-0.2, -0.15) is 13.2 Å². The third-order valence-corrected chi connectivity index (χ3v) is 4.73. The number of oxime groups is 1. The van der Waals surface area contributed by atoms with E-state index in [9.17, 15) is 13.2 Å². The van der Waals surface area contributed by atoms with Crippen LogP contribution in [-0.2, 0) is 6.18 Å². The van der Waals surface area contributed by atoms with Gasteiger partial charge in [-0.1, -0.05) is 16.8 Å².